The molecule has 0 saturated heterocycles. The molecule has 63 heavy (non-hydrogen) atoms. The Morgan fingerprint density at radius 2 is 0.746 bits per heavy atom. The van der Waals surface area contributed by atoms with Crippen LogP contribution >= 0.6 is 0 Å². The van der Waals surface area contributed by atoms with Gasteiger partial charge in [0.15, 0.2) is 0 Å². The number of fused-ring (bicyclic) bond motifs is 4. The molecular weight excluding hydrogens is 789 g/mol. The molecule has 0 aromatic heterocycles. The maximum atomic E-state index is 13.0. The Morgan fingerprint density at radius 1 is 0.381 bits per heavy atom. The van der Waals surface area contributed by atoms with Crippen LogP contribution in [0.3, 0.4) is 0 Å². The van der Waals surface area contributed by atoms with Crippen molar-refractivity contribution in [1.82, 2.24) is 0 Å². The molecule has 0 unspecified atom stereocenters. The minimum atomic E-state index is -0.519. The van der Waals surface area contributed by atoms with Crippen molar-refractivity contribution < 1.29 is 38.0 Å². The Hall–Kier alpha value is -7.84. The zero-order valence-corrected chi connectivity index (χ0v) is 34.8. The zero-order chi connectivity index (χ0) is 43.0. The predicted octanol–water partition coefficient (Wildman–Crippen LogP) is 12.7. The van der Waals surface area contributed by atoms with E-state index >= 15 is 0 Å². The first-order chi connectivity index (χ1) is 31.0. The van der Waals surface area contributed by atoms with Gasteiger partial charge in [-0.25, -0.2) is 9.59 Å². The third kappa shape index (κ3) is 9.41. The quantitative estimate of drug-likeness (QED) is 0.0411. The summed E-state index contributed by atoms with van der Waals surface area (Å²) in [4.78, 5) is 26.0. The average Bonchev–Trinajstić information content (AvgIpc) is 3.32. The maximum Gasteiger partial charge on any atom is 0.343 e. The molecule has 0 amide bonds. The van der Waals surface area contributed by atoms with E-state index in [2.05, 4.69) is 60.7 Å². The van der Waals surface area contributed by atoms with Crippen LogP contribution in [0.4, 0.5) is 0 Å². The molecule has 0 aliphatic rings. The SMILES string of the molecule is Cc1cc(OC(=O)c2ccc(OCCCOc3c4ccccc4cc4ccccc34)cc2)ccc1OC(=O)c1ccc(OCCCOc2c3ccccc3cc3ccccc23)cc1. The fourth-order valence-electron chi connectivity index (χ4n) is 7.60. The van der Waals surface area contributed by atoms with Crippen LogP contribution in [0.2, 0.25) is 0 Å². The highest BCUT2D eigenvalue weighted by Crippen LogP contribution is 2.36. The van der Waals surface area contributed by atoms with E-state index in [1.54, 1.807) is 73.7 Å². The van der Waals surface area contributed by atoms with Crippen molar-refractivity contribution in [2.45, 2.75) is 19.8 Å². The normalized spacial score (nSPS) is 11.1. The molecule has 9 aromatic carbocycles. The number of ether oxygens (including phenoxy) is 6. The Morgan fingerprint density at radius 3 is 1.16 bits per heavy atom. The van der Waals surface area contributed by atoms with Crippen molar-refractivity contribution in [2.24, 2.45) is 0 Å². The summed E-state index contributed by atoms with van der Waals surface area (Å²) in [5.74, 6) is 2.69. The van der Waals surface area contributed by atoms with Crippen LogP contribution in [0.25, 0.3) is 43.1 Å². The molecule has 8 heteroatoms. The highest BCUT2D eigenvalue weighted by Gasteiger charge is 2.15. The van der Waals surface area contributed by atoms with Gasteiger partial charge in [-0.2, -0.15) is 0 Å². The third-order valence-electron chi connectivity index (χ3n) is 10.8. The van der Waals surface area contributed by atoms with E-state index in [0.29, 0.717) is 79.0 Å². The smallest absolute Gasteiger partial charge is 0.343 e. The number of hydrogen-bond donors (Lipinski definition) is 0. The monoisotopic (exact) mass is 832 g/mol. The second kappa shape index (κ2) is 18.8. The van der Waals surface area contributed by atoms with E-state index in [0.717, 1.165) is 54.6 Å². The lowest BCUT2D eigenvalue weighted by atomic mass is 10.0. The number of esters is 2. The van der Waals surface area contributed by atoms with Crippen molar-refractivity contribution in [1.29, 1.82) is 0 Å². The van der Waals surface area contributed by atoms with Crippen LogP contribution in [-0.2, 0) is 0 Å². The molecule has 0 spiro atoms. The fraction of sp³-hybridized carbons (Fsp3) is 0.127. The van der Waals surface area contributed by atoms with E-state index < -0.39 is 11.9 Å². The summed E-state index contributed by atoms with van der Waals surface area (Å²) < 4.78 is 35.8. The molecule has 0 N–H and O–H groups in total. The van der Waals surface area contributed by atoms with Gasteiger partial charge in [-0.3, -0.25) is 0 Å². The largest absolute Gasteiger partial charge is 0.493 e. The summed E-state index contributed by atoms with van der Waals surface area (Å²) in [6.07, 6.45) is 1.35. The van der Waals surface area contributed by atoms with Crippen LogP contribution in [0, 0.1) is 6.92 Å². The van der Waals surface area contributed by atoms with Gasteiger partial charge in [-0.05, 0) is 113 Å². The predicted molar refractivity (Wildman–Crippen MR) is 248 cm³/mol. The molecule has 9 aromatic rings. The standard InChI is InChI=1S/C55H44O8/c1-37-34-46(62-54(56)38-20-24-44(25-21-38)58-30-10-32-60-52-47-16-6-2-12-40(47)35-41-13-3-7-17-48(41)52)28-29-51(37)63-55(57)39-22-26-45(27-23-39)59-31-11-33-61-53-49-18-8-4-14-42(49)36-43-15-5-9-19-50(43)53/h2-9,12-29,34-36H,10-11,30-33H2,1H3. The maximum absolute atomic E-state index is 13.0. The van der Waals surface area contributed by atoms with Gasteiger partial charge in [-0.1, -0.05) is 97.1 Å². The minimum absolute atomic E-state index is 0.328. The van der Waals surface area contributed by atoms with Gasteiger partial charge >= 0.3 is 11.9 Å². The molecule has 8 nitrogen and oxygen atoms in total. The Bertz CT molecular complexity index is 2960. The molecule has 0 bridgehead atoms. The Balaban J connectivity index is 0.710. The number of benzene rings is 9. The average molecular weight is 833 g/mol. The van der Waals surface area contributed by atoms with Crippen molar-refractivity contribution in [3.05, 3.63) is 193 Å². The molecule has 0 aliphatic heterocycles. The van der Waals surface area contributed by atoms with Gasteiger partial charge in [0.05, 0.1) is 37.6 Å². The minimum Gasteiger partial charge on any atom is -0.493 e. The molecule has 0 radical (unpaired) electrons. The van der Waals surface area contributed by atoms with Gasteiger partial charge < -0.3 is 28.4 Å². The summed E-state index contributed by atoms with van der Waals surface area (Å²) >= 11 is 0. The second-order valence-electron chi connectivity index (χ2n) is 15.2. The van der Waals surface area contributed by atoms with Crippen molar-refractivity contribution >= 4 is 55.0 Å². The van der Waals surface area contributed by atoms with E-state index in [-0.39, 0.29) is 0 Å². The lowest BCUT2D eigenvalue weighted by Gasteiger charge is -2.14. The molecule has 0 saturated carbocycles. The summed E-state index contributed by atoms with van der Waals surface area (Å²) in [5, 5.41) is 8.89. The summed E-state index contributed by atoms with van der Waals surface area (Å²) in [5.41, 5.74) is 1.38. The van der Waals surface area contributed by atoms with Gasteiger partial charge in [0.2, 0.25) is 0 Å². The molecule has 9 rings (SSSR count). The molecule has 0 aliphatic carbocycles. The van der Waals surface area contributed by atoms with Crippen molar-refractivity contribution in [3.8, 4) is 34.5 Å². The Labute approximate surface area is 365 Å². The highest BCUT2D eigenvalue weighted by molar-refractivity contribution is 6.06. The molecule has 0 atom stereocenters. The first-order valence-electron chi connectivity index (χ1n) is 21.0. The fourth-order valence-corrected chi connectivity index (χ4v) is 7.60. The number of carbonyl (C=O) groups is 2. The first kappa shape index (κ1) is 40.6. The summed E-state index contributed by atoms with van der Waals surface area (Å²) in [6.45, 7) is 3.67. The molecule has 312 valence electrons. The lowest BCUT2D eigenvalue weighted by molar-refractivity contribution is 0.0718. The van der Waals surface area contributed by atoms with Crippen LogP contribution < -0.4 is 28.4 Å². The Kier molecular flexibility index (Phi) is 12.1. The first-order valence-corrected chi connectivity index (χ1v) is 21.0. The number of hydrogen-bond acceptors (Lipinski definition) is 8. The molecular formula is C55H44O8. The molecule has 0 fully saturated rings. The summed E-state index contributed by atoms with van der Waals surface area (Å²) in [6, 6.07) is 55.8. The number of aryl methyl sites for hydroxylation is 1. The number of carbonyl (C=O) groups excluding carboxylic acids is 2. The van der Waals surface area contributed by atoms with Gasteiger partial charge in [0.25, 0.3) is 0 Å². The second-order valence-corrected chi connectivity index (χ2v) is 15.2. The van der Waals surface area contributed by atoms with Crippen molar-refractivity contribution in [3.63, 3.8) is 0 Å². The van der Waals surface area contributed by atoms with E-state index in [1.165, 1.54) is 0 Å². The van der Waals surface area contributed by atoms with Crippen molar-refractivity contribution in [2.75, 3.05) is 26.4 Å². The zero-order valence-electron chi connectivity index (χ0n) is 34.8. The highest BCUT2D eigenvalue weighted by atomic mass is 16.5. The third-order valence-corrected chi connectivity index (χ3v) is 10.8. The molecule has 0 heterocycles. The topological polar surface area (TPSA) is 89.5 Å². The summed E-state index contributed by atoms with van der Waals surface area (Å²) in [7, 11) is 0. The van der Waals surface area contributed by atoms with Crippen LogP contribution in [0.5, 0.6) is 34.5 Å². The van der Waals surface area contributed by atoms with E-state index in [4.69, 9.17) is 28.4 Å². The van der Waals surface area contributed by atoms with Gasteiger partial charge in [0, 0.05) is 34.4 Å². The van der Waals surface area contributed by atoms with Crippen LogP contribution in [0.1, 0.15) is 39.1 Å². The van der Waals surface area contributed by atoms with Gasteiger partial charge in [-0.15, -0.1) is 0 Å². The van der Waals surface area contributed by atoms with Crippen LogP contribution in [-0.4, -0.2) is 38.4 Å². The number of rotatable bonds is 16. The van der Waals surface area contributed by atoms with E-state index in [1.807, 2.05) is 48.5 Å². The van der Waals surface area contributed by atoms with Gasteiger partial charge in [0.1, 0.15) is 34.5 Å². The lowest BCUT2D eigenvalue weighted by Crippen LogP contribution is -2.11. The van der Waals surface area contributed by atoms with Crippen LogP contribution in [0.15, 0.2) is 176 Å². The van der Waals surface area contributed by atoms with E-state index in [9.17, 15) is 9.59 Å².